The lowest BCUT2D eigenvalue weighted by Crippen LogP contribution is -2.36. The number of nitrogens with one attached hydrogen (secondary N) is 1. The van der Waals surface area contributed by atoms with E-state index in [2.05, 4.69) is 5.32 Å². The number of primary amides is 1. The number of aliphatic hydroxyl groups excluding tert-OH is 1. The number of nitrogens with two attached hydrogens (primary N) is 1. The Bertz CT molecular complexity index is 469. The van der Waals surface area contributed by atoms with Gasteiger partial charge in [0.05, 0.1) is 6.54 Å². The fraction of sp³-hybridized carbons (Fsp3) is 0.182. The first-order valence-electron chi connectivity index (χ1n) is 5.00. The molecule has 0 fully saturated rings. The predicted octanol–water partition coefficient (Wildman–Crippen LogP) is -1.04. The number of aliphatic hydroxyl groups is 1. The van der Waals surface area contributed by atoms with Crippen LogP contribution in [0.2, 0.25) is 0 Å². The van der Waals surface area contributed by atoms with Crippen LogP contribution in [-0.4, -0.2) is 40.6 Å². The quantitative estimate of drug-likeness (QED) is 0.532. The summed E-state index contributed by atoms with van der Waals surface area (Å²) >= 11 is 0. The SMILES string of the molecule is NC(=O)c1ccc(C(=O)NCC(O)C(=O)O)cc1. The number of carboxylic acids is 1. The number of hydrogen-bond donors (Lipinski definition) is 4. The van der Waals surface area contributed by atoms with E-state index in [9.17, 15) is 14.4 Å². The lowest BCUT2D eigenvalue weighted by atomic mass is 10.1. The number of carboxylic acid groups (broad SMARTS) is 1. The maximum atomic E-state index is 11.5. The third kappa shape index (κ3) is 3.56. The fourth-order valence-electron chi connectivity index (χ4n) is 1.16. The molecule has 2 amide bonds. The van der Waals surface area contributed by atoms with E-state index in [1.54, 1.807) is 0 Å². The van der Waals surface area contributed by atoms with Crippen LogP contribution < -0.4 is 11.1 Å². The second-order valence-electron chi connectivity index (χ2n) is 3.51. The van der Waals surface area contributed by atoms with E-state index in [0.29, 0.717) is 0 Å². The Morgan fingerprint density at radius 2 is 1.67 bits per heavy atom. The fourth-order valence-corrected chi connectivity index (χ4v) is 1.16. The van der Waals surface area contributed by atoms with Gasteiger partial charge in [0.15, 0.2) is 6.10 Å². The third-order valence-electron chi connectivity index (χ3n) is 2.17. The summed E-state index contributed by atoms with van der Waals surface area (Å²) in [7, 11) is 0. The zero-order chi connectivity index (χ0) is 13.7. The molecular weight excluding hydrogens is 240 g/mol. The van der Waals surface area contributed by atoms with Crippen LogP contribution in [0.5, 0.6) is 0 Å². The summed E-state index contributed by atoms with van der Waals surface area (Å²) in [4.78, 5) is 32.6. The van der Waals surface area contributed by atoms with E-state index in [0.717, 1.165) is 0 Å². The average molecular weight is 252 g/mol. The summed E-state index contributed by atoms with van der Waals surface area (Å²) in [5.74, 6) is -2.58. The van der Waals surface area contributed by atoms with Crippen LogP contribution in [0.15, 0.2) is 24.3 Å². The van der Waals surface area contributed by atoms with Crippen LogP contribution in [0, 0.1) is 0 Å². The second kappa shape index (κ2) is 5.78. The third-order valence-corrected chi connectivity index (χ3v) is 2.17. The van der Waals surface area contributed by atoms with Crippen molar-refractivity contribution in [2.75, 3.05) is 6.54 Å². The molecule has 0 spiro atoms. The van der Waals surface area contributed by atoms with E-state index in [4.69, 9.17) is 15.9 Å². The summed E-state index contributed by atoms with van der Waals surface area (Å²) in [6, 6.07) is 5.51. The molecule has 1 aromatic carbocycles. The Morgan fingerprint density at radius 3 is 2.11 bits per heavy atom. The predicted molar refractivity (Wildman–Crippen MR) is 60.9 cm³/mol. The van der Waals surface area contributed by atoms with Gasteiger partial charge < -0.3 is 21.3 Å². The minimum absolute atomic E-state index is 0.234. The van der Waals surface area contributed by atoms with Gasteiger partial charge in [0.25, 0.3) is 5.91 Å². The molecule has 1 unspecified atom stereocenters. The Labute approximate surface area is 102 Å². The standard InChI is InChI=1S/C11H12N2O5/c12-9(15)6-1-3-7(4-2-6)10(16)13-5-8(14)11(17)18/h1-4,8,14H,5H2,(H2,12,15)(H,13,16)(H,17,18). The summed E-state index contributed by atoms with van der Waals surface area (Å²) < 4.78 is 0. The van der Waals surface area contributed by atoms with Gasteiger partial charge in [-0.25, -0.2) is 4.79 Å². The lowest BCUT2D eigenvalue weighted by Gasteiger charge is -2.07. The molecule has 0 heterocycles. The molecule has 0 radical (unpaired) electrons. The van der Waals surface area contributed by atoms with Crippen LogP contribution in [-0.2, 0) is 4.79 Å². The van der Waals surface area contributed by atoms with Crippen LogP contribution in [0.25, 0.3) is 0 Å². The van der Waals surface area contributed by atoms with Gasteiger partial charge in [-0.3, -0.25) is 9.59 Å². The Morgan fingerprint density at radius 1 is 1.17 bits per heavy atom. The van der Waals surface area contributed by atoms with Gasteiger partial charge in [-0.1, -0.05) is 0 Å². The van der Waals surface area contributed by atoms with Crippen molar-refractivity contribution in [1.29, 1.82) is 0 Å². The van der Waals surface area contributed by atoms with Crippen molar-refractivity contribution in [1.82, 2.24) is 5.32 Å². The summed E-state index contributed by atoms with van der Waals surface area (Å²) in [5.41, 5.74) is 5.53. The molecule has 0 aromatic heterocycles. The monoisotopic (exact) mass is 252 g/mol. The van der Waals surface area contributed by atoms with Crippen molar-refractivity contribution in [3.8, 4) is 0 Å². The molecule has 5 N–H and O–H groups in total. The molecule has 0 aliphatic carbocycles. The molecule has 0 aliphatic heterocycles. The van der Waals surface area contributed by atoms with Crippen molar-refractivity contribution < 1.29 is 24.6 Å². The molecule has 7 nitrogen and oxygen atoms in total. The molecule has 0 saturated heterocycles. The minimum Gasteiger partial charge on any atom is -0.479 e. The highest BCUT2D eigenvalue weighted by Crippen LogP contribution is 2.03. The first-order valence-corrected chi connectivity index (χ1v) is 5.00. The summed E-state index contributed by atoms with van der Waals surface area (Å²) in [5, 5.41) is 19.6. The molecule has 0 saturated carbocycles. The zero-order valence-corrected chi connectivity index (χ0v) is 9.29. The second-order valence-corrected chi connectivity index (χ2v) is 3.51. The number of benzene rings is 1. The maximum absolute atomic E-state index is 11.5. The molecule has 18 heavy (non-hydrogen) atoms. The molecule has 1 rings (SSSR count). The van der Waals surface area contributed by atoms with E-state index < -0.39 is 30.4 Å². The highest BCUT2D eigenvalue weighted by molar-refractivity contribution is 5.97. The molecule has 0 aliphatic rings. The molecule has 7 heteroatoms. The lowest BCUT2D eigenvalue weighted by molar-refractivity contribution is -0.146. The van der Waals surface area contributed by atoms with Gasteiger partial charge in [0.1, 0.15) is 0 Å². The largest absolute Gasteiger partial charge is 0.479 e. The van der Waals surface area contributed by atoms with Crippen LogP contribution in [0.3, 0.4) is 0 Å². The first-order chi connectivity index (χ1) is 8.41. The van der Waals surface area contributed by atoms with Gasteiger partial charge in [-0.05, 0) is 24.3 Å². The van der Waals surface area contributed by atoms with Gasteiger partial charge in [0, 0.05) is 11.1 Å². The minimum atomic E-state index is -1.65. The molecule has 1 atom stereocenters. The number of aliphatic carboxylic acids is 1. The van der Waals surface area contributed by atoms with Crippen LogP contribution in [0.4, 0.5) is 0 Å². The Balaban J connectivity index is 2.62. The normalized spacial score (nSPS) is 11.6. The van der Waals surface area contributed by atoms with Crippen LogP contribution >= 0.6 is 0 Å². The van der Waals surface area contributed by atoms with E-state index in [1.165, 1.54) is 24.3 Å². The Kier molecular flexibility index (Phi) is 4.39. The number of carbonyl (C=O) groups excluding carboxylic acids is 2. The zero-order valence-electron chi connectivity index (χ0n) is 9.29. The number of hydrogen-bond acceptors (Lipinski definition) is 4. The number of carbonyl (C=O) groups is 3. The van der Waals surface area contributed by atoms with Gasteiger partial charge in [-0.2, -0.15) is 0 Å². The average Bonchev–Trinajstić information content (AvgIpc) is 2.35. The maximum Gasteiger partial charge on any atom is 0.334 e. The van der Waals surface area contributed by atoms with E-state index in [1.807, 2.05) is 0 Å². The summed E-state index contributed by atoms with van der Waals surface area (Å²) in [6.07, 6.45) is -1.65. The van der Waals surface area contributed by atoms with Gasteiger partial charge in [0.2, 0.25) is 5.91 Å². The van der Waals surface area contributed by atoms with Crippen molar-refractivity contribution in [2.45, 2.75) is 6.10 Å². The molecular formula is C11H12N2O5. The molecule has 1 aromatic rings. The van der Waals surface area contributed by atoms with Crippen LogP contribution in [0.1, 0.15) is 20.7 Å². The Hall–Kier alpha value is -2.41. The highest BCUT2D eigenvalue weighted by Gasteiger charge is 2.14. The topological polar surface area (TPSA) is 130 Å². The van der Waals surface area contributed by atoms with Gasteiger partial charge in [-0.15, -0.1) is 0 Å². The van der Waals surface area contributed by atoms with Crippen molar-refractivity contribution in [3.05, 3.63) is 35.4 Å². The summed E-state index contributed by atoms with van der Waals surface area (Å²) in [6.45, 7) is -0.397. The van der Waals surface area contributed by atoms with Crippen molar-refractivity contribution in [2.24, 2.45) is 5.73 Å². The first kappa shape index (κ1) is 13.7. The number of rotatable bonds is 5. The highest BCUT2D eigenvalue weighted by atomic mass is 16.4. The van der Waals surface area contributed by atoms with Crippen molar-refractivity contribution in [3.63, 3.8) is 0 Å². The number of amides is 2. The van der Waals surface area contributed by atoms with Gasteiger partial charge >= 0.3 is 5.97 Å². The smallest absolute Gasteiger partial charge is 0.334 e. The molecule has 0 bridgehead atoms. The van der Waals surface area contributed by atoms with E-state index >= 15 is 0 Å². The van der Waals surface area contributed by atoms with E-state index in [-0.39, 0.29) is 11.1 Å². The molecule has 96 valence electrons. The van der Waals surface area contributed by atoms with Crippen molar-refractivity contribution >= 4 is 17.8 Å².